The first-order valence-corrected chi connectivity index (χ1v) is 3.35. The summed E-state index contributed by atoms with van der Waals surface area (Å²) >= 11 is 0. The summed E-state index contributed by atoms with van der Waals surface area (Å²) in [4.78, 5) is 0. The number of rotatable bonds is 1. The van der Waals surface area contributed by atoms with E-state index in [2.05, 4.69) is 6.42 Å². The molecule has 1 heteroatoms. The van der Waals surface area contributed by atoms with Crippen molar-refractivity contribution in [3.8, 4) is 0 Å². The van der Waals surface area contributed by atoms with Crippen LogP contribution in [0.25, 0.3) is 0 Å². The average Bonchev–Trinajstić information content (AvgIpc) is 2.38. The molecular weight excluding hydrogens is 100 g/mol. The van der Waals surface area contributed by atoms with Gasteiger partial charge in [-0.1, -0.05) is 0 Å². The van der Waals surface area contributed by atoms with Crippen molar-refractivity contribution < 1.29 is 5.11 Å². The molecule has 0 bridgehead atoms. The van der Waals surface area contributed by atoms with E-state index in [0.29, 0.717) is 5.92 Å². The van der Waals surface area contributed by atoms with Crippen molar-refractivity contribution in [2.45, 2.75) is 31.3 Å². The van der Waals surface area contributed by atoms with Crippen molar-refractivity contribution >= 4 is 0 Å². The van der Waals surface area contributed by atoms with E-state index in [-0.39, 0.29) is 5.60 Å². The first-order valence-electron chi connectivity index (χ1n) is 3.35. The maximum Gasteiger partial charge on any atom is 0.0681 e. The summed E-state index contributed by atoms with van der Waals surface area (Å²) in [5.74, 6) is 0.674. The summed E-state index contributed by atoms with van der Waals surface area (Å²) < 4.78 is 0. The topological polar surface area (TPSA) is 20.2 Å². The minimum absolute atomic E-state index is 0.222. The van der Waals surface area contributed by atoms with Gasteiger partial charge >= 0.3 is 0 Å². The van der Waals surface area contributed by atoms with E-state index in [9.17, 15) is 5.11 Å². The molecule has 2 aliphatic carbocycles. The quantitative estimate of drug-likeness (QED) is 0.537. The Balaban J connectivity index is 1.99. The second kappa shape index (κ2) is 1.27. The highest BCUT2D eigenvalue weighted by atomic mass is 16.3. The van der Waals surface area contributed by atoms with Crippen LogP contribution in [0.5, 0.6) is 0 Å². The van der Waals surface area contributed by atoms with Gasteiger partial charge in [0.05, 0.1) is 5.60 Å². The van der Waals surface area contributed by atoms with Crippen LogP contribution in [-0.2, 0) is 0 Å². The Morgan fingerprint density at radius 3 is 2.12 bits per heavy atom. The van der Waals surface area contributed by atoms with Crippen LogP contribution in [0.3, 0.4) is 0 Å². The van der Waals surface area contributed by atoms with Crippen molar-refractivity contribution in [1.29, 1.82) is 0 Å². The third kappa shape index (κ3) is 0.510. The Labute approximate surface area is 49.7 Å². The summed E-state index contributed by atoms with van der Waals surface area (Å²) in [7, 11) is 0. The molecule has 0 aromatic rings. The second-order valence-electron chi connectivity index (χ2n) is 3.07. The minimum Gasteiger partial charge on any atom is -0.390 e. The van der Waals surface area contributed by atoms with E-state index in [4.69, 9.17) is 0 Å². The van der Waals surface area contributed by atoms with Crippen LogP contribution < -0.4 is 0 Å². The Morgan fingerprint density at radius 2 is 2.00 bits per heavy atom. The first kappa shape index (κ1) is 4.80. The van der Waals surface area contributed by atoms with Gasteiger partial charge in [0.25, 0.3) is 0 Å². The molecule has 2 fully saturated rings. The van der Waals surface area contributed by atoms with Crippen LogP contribution in [0.1, 0.15) is 25.7 Å². The zero-order valence-corrected chi connectivity index (χ0v) is 4.93. The highest BCUT2D eigenvalue weighted by Gasteiger charge is 2.47. The van der Waals surface area contributed by atoms with Crippen molar-refractivity contribution in [2.75, 3.05) is 0 Å². The Hall–Kier alpha value is -0.0400. The molecule has 2 rings (SSSR count). The van der Waals surface area contributed by atoms with E-state index < -0.39 is 0 Å². The lowest BCUT2D eigenvalue weighted by Crippen LogP contribution is -2.39. The fraction of sp³-hybridized carbons (Fsp3) is 0.857. The molecule has 0 aromatic carbocycles. The highest BCUT2D eigenvalue weighted by molar-refractivity contribution is 5.07. The van der Waals surface area contributed by atoms with Gasteiger partial charge in [-0.25, -0.2) is 0 Å². The molecule has 2 aliphatic rings. The lowest BCUT2D eigenvalue weighted by Gasteiger charge is -2.36. The van der Waals surface area contributed by atoms with Gasteiger partial charge in [-0.3, -0.25) is 0 Å². The van der Waals surface area contributed by atoms with Gasteiger partial charge in [0.2, 0.25) is 0 Å². The third-order valence-corrected chi connectivity index (χ3v) is 2.33. The van der Waals surface area contributed by atoms with Gasteiger partial charge in [0.15, 0.2) is 0 Å². The maximum atomic E-state index is 9.52. The summed E-state index contributed by atoms with van der Waals surface area (Å²) in [6.45, 7) is 0. The molecule has 45 valence electrons. The molecule has 2 saturated carbocycles. The number of aliphatic hydroxyl groups is 1. The summed E-state index contributed by atoms with van der Waals surface area (Å²) in [6.07, 6.45) is 6.61. The normalized spacial score (nSPS) is 34.1. The minimum atomic E-state index is -0.222. The Kier molecular flexibility index (Phi) is 0.762. The van der Waals surface area contributed by atoms with Gasteiger partial charge in [-0.15, -0.1) is 0 Å². The van der Waals surface area contributed by atoms with Crippen LogP contribution in [0.4, 0.5) is 0 Å². The molecular formula is C7H11O. The van der Waals surface area contributed by atoms with Crippen LogP contribution in [0, 0.1) is 12.3 Å². The van der Waals surface area contributed by atoms with E-state index in [1.54, 1.807) is 0 Å². The van der Waals surface area contributed by atoms with Gasteiger partial charge in [0.1, 0.15) is 0 Å². The molecule has 1 radical (unpaired) electrons. The van der Waals surface area contributed by atoms with Gasteiger partial charge in [0, 0.05) is 0 Å². The van der Waals surface area contributed by atoms with Gasteiger partial charge < -0.3 is 5.11 Å². The fourth-order valence-corrected chi connectivity index (χ4v) is 1.39. The monoisotopic (exact) mass is 111 g/mol. The second-order valence-corrected chi connectivity index (χ2v) is 3.07. The molecule has 0 heterocycles. The summed E-state index contributed by atoms with van der Waals surface area (Å²) in [5, 5.41) is 9.52. The van der Waals surface area contributed by atoms with Crippen molar-refractivity contribution in [1.82, 2.24) is 0 Å². The van der Waals surface area contributed by atoms with E-state index in [0.717, 1.165) is 12.8 Å². The lowest BCUT2D eigenvalue weighted by atomic mass is 9.77. The smallest absolute Gasteiger partial charge is 0.0681 e. The maximum absolute atomic E-state index is 9.52. The predicted octanol–water partition coefficient (Wildman–Crippen LogP) is 1.13. The molecule has 0 saturated heterocycles. The van der Waals surface area contributed by atoms with Crippen LogP contribution >= 0.6 is 0 Å². The molecule has 0 spiro atoms. The lowest BCUT2D eigenvalue weighted by molar-refractivity contribution is -0.0221. The largest absolute Gasteiger partial charge is 0.390 e. The zero-order valence-electron chi connectivity index (χ0n) is 4.93. The molecule has 0 atom stereocenters. The van der Waals surface area contributed by atoms with E-state index in [1.807, 2.05) is 0 Å². The number of hydrogen-bond acceptors (Lipinski definition) is 1. The average molecular weight is 111 g/mol. The van der Waals surface area contributed by atoms with Gasteiger partial charge in [-0.2, -0.15) is 0 Å². The summed E-state index contributed by atoms with van der Waals surface area (Å²) in [5.41, 5.74) is -0.222. The standard InChI is InChI=1S/C7H11O/c8-7(4-1-5-7)6-2-3-6/h1,6,8H,2-5H2. The molecule has 0 amide bonds. The van der Waals surface area contributed by atoms with Crippen LogP contribution in [0.2, 0.25) is 0 Å². The first-order chi connectivity index (χ1) is 3.81. The van der Waals surface area contributed by atoms with E-state index in [1.165, 1.54) is 12.8 Å². The Morgan fingerprint density at radius 1 is 1.38 bits per heavy atom. The van der Waals surface area contributed by atoms with Gasteiger partial charge in [-0.05, 0) is 38.0 Å². The molecule has 1 nitrogen and oxygen atoms in total. The molecule has 0 aliphatic heterocycles. The van der Waals surface area contributed by atoms with Crippen LogP contribution in [-0.4, -0.2) is 10.7 Å². The fourth-order valence-electron chi connectivity index (χ4n) is 1.39. The molecule has 1 N–H and O–H groups in total. The van der Waals surface area contributed by atoms with Crippen molar-refractivity contribution in [2.24, 2.45) is 5.92 Å². The highest BCUT2D eigenvalue weighted by Crippen LogP contribution is 2.49. The molecule has 0 aromatic heterocycles. The molecule has 0 unspecified atom stereocenters. The van der Waals surface area contributed by atoms with Crippen molar-refractivity contribution in [3.05, 3.63) is 6.42 Å². The SMILES string of the molecule is OC1(C2CC2)C[CH]C1. The van der Waals surface area contributed by atoms with Crippen molar-refractivity contribution in [3.63, 3.8) is 0 Å². The third-order valence-electron chi connectivity index (χ3n) is 2.33. The van der Waals surface area contributed by atoms with Crippen LogP contribution in [0.15, 0.2) is 0 Å². The molecule has 8 heavy (non-hydrogen) atoms. The summed E-state index contributed by atoms with van der Waals surface area (Å²) in [6, 6.07) is 0. The zero-order chi connectivity index (χ0) is 5.61. The predicted molar refractivity (Wildman–Crippen MR) is 31.2 cm³/mol. The number of hydrogen-bond donors (Lipinski definition) is 1. The Bertz CT molecular complexity index is 101. The van der Waals surface area contributed by atoms with E-state index >= 15 is 0 Å².